The molecule has 0 saturated heterocycles. The van der Waals surface area contributed by atoms with Crippen LogP contribution in [0.2, 0.25) is 0 Å². The first-order valence-electron chi connectivity index (χ1n) is 8.64. The van der Waals surface area contributed by atoms with Crippen LogP contribution in [0.5, 0.6) is 10.9 Å². The molecule has 8 heteroatoms. The van der Waals surface area contributed by atoms with E-state index in [1.54, 1.807) is 0 Å². The Labute approximate surface area is 163 Å². The van der Waals surface area contributed by atoms with Gasteiger partial charge in [-0.25, -0.2) is 18.1 Å². The maximum absolute atomic E-state index is 11.0. The van der Waals surface area contributed by atoms with Crippen LogP contribution in [-0.2, 0) is 16.6 Å². The van der Waals surface area contributed by atoms with E-state index < -0.39 is 10.0 Å². The Balaban J connectivity index is 1.49. The van der Waals surface area contributed by atoms with Crippen molar-refractivity contribution in [2.24, 2.45) is 0 Å². The van der Waals surface area contributed by atoms with Gasteiger partial charge in [0.25, 0.3) is 5.19 Å². The van der Waals surface area contributed by atoms with Crippen molar-refractivity contribution < 1.29 is 13.2 Å². The molecule has 0 fully saturated rings. The molecular weight excluding hydrogens is 382 g/mol. The number of benzene rings is 2. The number of sulfonamides is 1. The van der Waals surface area contributed by atoms with Crippen molar-refractivity contribution >= 4 is 31.6 Å². The average Bonchev–Trinajstić information content (AvgIpc) is 3.02. The van der Waals surface area contributed by atoms with E-state index in [4.69, 9.17) is 4.74 Å². The fraction of sp³-hybridized carbons (Fsp3) is 0.316. The molecule has 27 heavy (non-hydrogen) atoms. The Hall–Kier alpha value is -2.00. The van der Waals surface area contributed by atoms with Crippen LogP contribution in [0, 0.1) is 0 Å². The molecule has 0 saturated carbocycles. The Morgan fingerprint density at radius 2 is 1.89 bits per heavy atom. The number of nitrogens with zero attached hydrogens (tertiary/aromatic N) is 2. The van der Waals surface area contributed by atoms with E-state index in [9.17, 15) is 8.42 Å². The van der Waals surface area contributed by atoms with Gasteiger partial charge in [-0.1, -0.05) is 35.6 Å². The lowest BCUT2D eigenvalue weighted by Crippen LogP contribution is -2.27. The third kappa shape index (κ3) is 6.28. The maximum atomic E-state index is 11.0. The fourth-order valence-corrected chi connectivity index (χ4v) is 4.01. The standard InChI is InChI=1S/C19H23N3O3S2/c1-22(13-5-12-20-27(2,23)24)14-15-8-10-16(11-9-15)25-19-21-17-6-3-4-7-18(17)26-19/h3-4,6-11,20H,5,12-14H2,1-2H3. The highest BCUT2D eigenvalue weighted by atomic mass is 32.2. The molecule has 0 spiro atoms. The lowest BCUT2D eigenvalue weighted by Gasteiger charge is -2.16. The van der Waals surface area contributed by atoms with E-state index in [1.807, 2.05) is 55.6 Å². The number of hydrogen-bond acceptors (Lipinski definition) is 6. The van der Waals surface area contributed by atoms with Gasteiger partial charge in [0, 0.05) is 13.1 Å². The summed E-state index contributed by atoms with van der Waals surface area (Å²) in [6.45, 7) is 2.06. The van der Waals surface area contributed by atoms with Gasteiger partial charge in [0.05, 0.1) is 16.5 Å². The van der Waals surface area contributed by atoms with E-state index in [-0.39, 0.29) is 0 Å². The Morgan fingerprint density at radius 3 is 2.59 bits per heavy atom. The molecule has 1 N–H and O–H groups in total. The van der Waals surface area contributed by atoms with Gasteiger partial charge < -0.3 is 9.64 Å². The largest absolute Gasteiger partial charge is 0.431 e. The summed E-state index contributed by atoms with van der Waals surface area (Å²) in [7, 11) is -1.09. The van der Waals surface area contributed by atoms with Crippen LogP contribution >= 0.6 is 11.3 Å². The van der Waals surface area contributed by atoms with Crippen molar-refractivity contribution in [1.29, 1.82) is 0 Å². The Morgan fingerprint density at radius 1 is 1.15 bits per heavy atom. The lowest BCUT2D eigenvalue weighted by atomic mass is 10.2. The molecule has 1 aromatic heterocycles. The van der Waals surface area contributed by atoms with Gasteiger partial charge in [0.15, 0.2) is 0 Å². The number of ether oxygens (including phenoxy) is 1. The van der Waals surface area contributed by atoms with Gasteiger partial charge in [0.2, 0.25) is 10.0 Å². The zero-order valence-electron chi connectivity index (χ0n) is 15.4. The van der Waals surface area contributed by atoms with Crippen molar-refractivity contribution in [3.05, 3.63) is 54.1 Å². The molecule has 1 heterocycles. The molecule has 3 rings (SSSR count). The molecule has 0 aliphatic rings. The summed E-state index contributed by atoms with van der Waals surface area (Å²) in [5.41, 5.74) is 2.12. The normalized spacial score (nSPS) is 12.0. The molecule has 6 nitrogen and oxygen atoms in total. The highest BCUT2D eigenvalue weighted by Gasteiger charge is 2.06. The van der Waals surface area contributed by atoms with Crippen LogP contribution in [0.25, 0.3) is 10.2 Å². The summed E-state index contributed by atoms with van der Waals surface area (Å²) in [4.78, 5) is 6.64. The predicted molar refractivity (Wildman–Crippen MR) is 110 cm³/mol. The number of fused-ring (bicyclic) bond motifs is 1. The predicted octanol–water partition coefficient (Wildman–Crippen LogP) is 3.46. The first-order valence-corrected chi connectivity index (χ1v) is 11.4. The van der Waals surface area contributed by atoms with E-state index in [0.717, 1.165) is 35.5 Å². The monoisotopic (exact) mass is 405 g/mol. The van der Waals surface area contributed by atoms with Gasteiger partial charge in [-0.3, -0.25) is 0 Å². The molecule has 0 unspecified atom stereocenters. The molecule has 0 atom stereocenters. The molecule has 0 amide bonds. The molecule has 3 aromatic rings. The molecule has 0 aliphatic carbocycles. The number of thiazole rings is 1. The van der Waals surface area contributed by atoms with Gasteiger partial charge in [0.1, 0.15) is 5.75 Å². The second kappa shape index (κ2) is 8.79. The Bertz CT molecular complexity index is 952. The van der Waals surface area contributed by atoms with Crippen molar-refractivity contribution in [2.75, 3.05) is 26.4 Å². The third-order valence-corrected chi connectivity index (χ3v) is 5.58. The molecule has 2 aromatic carbocycles. The number of hydrogen-bond donors (Lipinski definition) is 1. The highest BCUT2D eigenvalue weighted by molar-refractivity contribution is 7.88. The van der Waals surface area contributed by atoms with E-state index in [0.29, 0.717) is 11.7 Å². The van der Waals surface area contributed by atoms with Crippen molar-refractivity contribution in [2.45, 2.75) is 13.0 Å². The zero-order valence-corrected chi connectivity index (χ0v) is 17.0. The van der Waals surface area contributed by atoms with Gasteiger partial charge in [-0.05, 0) is 49.8 Å². The van der Waals surface area contributed by atoms with Crippen LogP contribution in [0.15, 0.2) is 48.5 Å². The number of aromatic nitrogens is 1. The summed E-state index contributed by atoms with van der Waals surface area (Å²) in [6, 6.07) is 15.9. The number of para-hydroxylation sites is 1. The van der Waals surface area contributed by atoms with Gasteiger partial charge in [-0.2, -0.15) is 0 Å². The van der Waals surface area contributed by atoms with Crippen LogP contribution in [0.4, 0.5) is 0 Å². The van der Waals surface area contributed by atoms with Crippen LogP contribution in [-0.4, -0.2) is 44.7 Å². The summed E-state index contributed by atoms with van der Waals surface area (Å²) in [5.74, 6) is 0.762. The second-order valence-electron chi connectivity index (χ2n) is 6.45. The Kier molecular flexibility index (Phi) is 6.43. The first-order chi connectivity index (χ1) is 12.9. The van der Waals surface area contributed by atoms with E-state index >= 15 is 0 Å². The minimum absolute atomic E-state index is 0.456. The molecule has 0 radical (unpaired) electrons. The molecule has 0 bridgehead atoms. The SMILES string of the molecule is CN(CCCNS(C)(=O)=O)Cc1ccc(Oc2nc3ccccc3s2)cc1. The minimum atomic E-state index is -3.11. The maximum Gasteiger partial charge on any atom is 0.279 e. The summed E-state index contributed by atoms with van der Waals surface area (Å²) in [5, 5.41) is 0.638. The van der Waals surface area contributed by atoms with Gasteiger partial charge in [-0.15, -0.1) is 0 Å². The fourth-order valence-electron chi connectivity index (χ4n) is 2.66. The van der Waals surface area contributed by atoms with Crippen LogP contribution in [0.3, 0.4) is 0 Å². The minimum Gasteiger partial charge on any atom is -0.431 e. The summed E-state index contributed by atoms with van der Waals surface area (Å²) in [6.07, 6.45) is 1.94. The number of rotatable bonds is 9. The lowest BCUT2D eigenvalue weighted by molar-refractivity contribution is 0.322. The molecule has 0 aliphatic heterocycles. The zero-order chi connectivity index (χ0) is 19.3. The topological polar surface area (TPSA) is 71.5 Å². The highest BCUT2D eigenvalue weighted by Crippen LogP contribution is 2.31. The first kappa shape index (κ1) is 19.8. The smallest absolute Gasteiger partial charge is 0.279 e. The van der Waals surface area contributed by atoms with Crippen molar-refractivity contribution in [1.82, 2.24) is 14.6 Å². The average molecular weight is 406 g/mol. The van der Waals surface area contributed by atoms with E-state index in [1.165, 1.54) is 23.2 Å². The number of nitrogens with one attached hydrogen (secondary N) is 1. The molecule has 144 valence electrons. The van der Waals surface area contributed by atoms with Gasteiger partial charge >= 0.3 is 0 Å². The summed E-state index contributed by atoms with van der Waals surface area (Å²) < 4.78 is 31.6. The van der Waals surface area contributed by atoms with Crippen molar-refractivity contribution in [3.8, 4) is 10.9 Å². The quantitative estimate of drug-likeness (QED) is 0.552. The third-order valence-electron chi connectivity index (χ3n) is 3.94. The van der Waals surface area contributed by atoms with Crippen molar-refractivity contribution in [3.63, 3.8) is 0 Å². The van der Waals surface area contributed by atoms with E-state index in [2.05, 4.69) is 14.6 Å². The van der Waals surface area contributed by atoms with Crippen LogP contribution < -0.4 is 9.46 Å². The second-order valence-corrected chi connectivity index (χ2v) is 9.28. The molecular formula is C19H23N3O3S2. The summed E-state index contributed by atoms with van der Waals surface area (Å²) >= 11 is 1.53. The van der Waals surface area contributed by atoms with Crippen LogP contribution in [0.1, 0.15) is 12.0 Å².